The van der Waals surface area contributed by atoms with Gasteiger partial charge in [-0.2, -0.15) is 0 Å². The van der Waals surface area contributed by atoms with Crippen LogP contribution in [0.15, 0.2) is 48.5 Å². The van der Waals surface area contributed by atoms with Gasteiger partial charge >= 0.3 is 5.97 Å². The van der Waals surface area contributed by atoms with Gasteiger partial charge in [0.25, 0.3) is 0 Å². The monoisotopic (exact) mass is 310 g/mol. The summed E-state index contributed by atoms with van der Waals surface area (Å²) in [6.07, 6.45) is 3.25. The maximum atomic E-state index is 13.7. The third kappa shape index (κ3) is 3.34. The topological polar surface area (TPSA) is 26.3 Å². The molecule has 0 aromatic heterocycles. The summed E-state index contributed by atoms with van der Waals surface area (Å²) in [4.78, 5) is 12.1. The molecule has 0 spiro atoms. The van der Waals surface area contributed by atoms with Crippen LogP contribution in [0.5, 0.6) is 5.75 Å². The fourth-order valence-electron chi connectivity index (χ4n) is 2.79. The molecule has 3 heteroatoms. The number of fused-ring (bicyclic) bond motifs is 2. The number of carbonyl (C=O) groups is 1. The van der Waals surface area contributed by atoms with Crippen LogP contribution in [0.4, 0.5) is 4.39 Å². The van der Waals surface area contributed by atoms with Crippen molar-refractivity contribution in [2.24, 2.45) is 0 Å². The Bertz CT molecular complexity index is 855. The lowest BCUT2D eigenvalue weighted by molar-refractivity contribution is -0.134. The standard InChI is InChI=1S/C20H19FO2/c1-2-3-4-9-19(22)23-20-17-8-6-5-7-14(17)12-15-10-11-16(21)13-18(15)20/h5-8,10-13H,2-4,9H2,1H3. The van der Waals surface area contributed by atoms with Gasteiger partial charge in [-0.1, -0.05) is 50.1 Å². The van der Waals surface area contributed by atoms with Crippen molar-refractivity contribution in [3.63, 3.8) is 0 Å². The molecule has 2 nitrogen and oxygen atoms in total. The largest absolute Gasteiger partial charge is 0.425 e. The van der Waals surface area contributed by atoms with Crippen LogP contribution in [0.2, 0.25) is 0 Å². The Kier molecular flexibility index (Phi) is 4.56. The van der Waals surface area contributed by atoms with Gasteiger partial charge in [0.05, 0.1) is 0 Å². The Morgan fingerprint density at radius 1 is 1.00 bits per heavy atom. The molecule has 118 valence electrons. The zero-order valence-corrected chi connectivity index (χ0v) is 13.1. The summed E-state index contributed by atoms with van der Waals surface area (Å²) in [5.74, 6) is -0.143. The molecule has 0 radical (unpaired) electrons. The number of hydrogen-bond donors (Lipinski definition) is 0. The highest BCUT2D eigenvalue weighted by molar-refractivity contribution is 6.06. The zero-order valence-electron chi connectivity index (χ0n) is 13.1. The van der Waals surface area contributed by atoms with E-state index in [4.69, 9.17) is 4.74 Å². The number of halogens is 1. The molecule has 0 unspecified atom stereocenters. The minimum atomic E-state index is -0.337. The second-order valence-corrected chi connectivity index (χ2v) is 5.72. The molecule has 3 aromatic carbocycles. The lowest BCUT2D eigenvalue weighted by atomic mass is 10.0. The van der Waals surface area contributed by atoms with Crippen LogP contribution >= 0.6 is 0 Å². The first kappa shape index (κ1) is 15.5. The average molecular weight is 310 g/mol. The van der Waals surface area contributed by atoms with Crippen molar-refractivity contribution in [2.75, 3.05) is 0 Å². The summed E-state index contributed by atoms with van der Waals surface area (Å²) in [6, 6.07) is 14.2. The maximum Gasteiger partial charge on any atom is 0.311 e. The van der Waals surface area contributed by atoms with Crippen molar-refractivity contribution in [3.8, 4) is 5.75 Å². The van der Waals surface area contributed by atoms with Crippen molar-refractivity contribution in [2.45, 2.75) is 32.6 Å². The average Bonchev–Trinajstić information content (AvgIpc) is 2.55. The molecule has 3 aromatic rings. The second-order valence-electron chi connectivity index (χ2n) is 5.72. The van der Waals surface area contributed by atoms with E-state index in [-0.39, 0.29) is 11.8 Å². The van der Waals surface area contributed by atoms with Crippen LogP contribution in [0.25, 0.3) is 21.5 Å². The van der Waals surface area contributed by atoms with Gasteiger partial charge in [-0.15, -0.1) is 0 Å². The molecule has 0 bridgehead atoms. The second kappa shape index (κ2) is 6.78. The highest BCUT2D eigenvalue weighted by Gasteiger charge is 2.13. The quantitative estimate of drug-likeness (QED) is 0.265. The molecule has 0 N–H and O–H groups in total. The highest BCUT2D eigenvalue weighted by atomic mass is 19.1. The number of esters is 1. The maximum absolute atomic E-state index is 13.7. The third-order valence-corrected chi connectivity index (χ3v) is 3.98. The molecule has 0 amide bonds. The molecule has 0 saturated carbocycles. The highest BCUT2D eigenvalue weighted by Crippen LogP contribution is 2.35. The van der Waals surface area contributed by atoms with Crippen molar-refractivity contribution >= 4 is 27.5 Å². The molecule has 0 aliphatic rings. The molecular formula is C20H19FO2. The molecule has 0 heterocycles. The summed E-state index contributed by atoms with van der Waals surface area (Å²) >= 11 is 0. The molecule has 0 fully saturated rings. The van der Waals surface area contributed by atoms with Gasteiger partial charge in [0, 0.05) is 17.2 Å². The first-order valence-corrected chi connectivity index (χ1v) is 8.00. The molecule has 0 aliphatic heterocycles. The van der Waals surface area contributed by atoms with Gasteiger partial charge in [-0.3, -0.25) is 4.79 Å². The van der Waals surface area contributed by atoms with Crippen LogP contribution in [-0.2, 0) is 4.79 Å². The summed E-state index contributed by atoms with van der Waals surface area (Å²) in [7, 11) is 0. The number of hydrogen-bond acceptors (Lipinski definition) is 2. The van der Waals surface area contributed by atoms with Crippen LogP contribution in [0.1, 0.15) is 32.6 Å². The first-order valence-electron chi connectivity index (χ1n) is 8.00. The third-order valence-electron chi connectivity index (χ3n) is 3.98. The van der Waals surface area contributed by atoms with E-state index in [0.29, 0.717) is 17.6 Å². The van der Waals surface area contributed by atoms with Crippen molar-refractivity contribution in [1.82, 2.24) is 0 Å². The van der Waals surface area contributed by atoms with Gasteiger partial charge in [0.2, 0.25) is 0 Å². The summed E-state index contributed by atoms with van der Waals surface area (Å²) in [5.41, 5.74) is 0. The first-order chi connectivity index (χ1) is 11.2. The smallest absolute Gasteiger partial charge is 0.311 e. The van der Waals surface area contributed by atoms with Gasteiger partial charge in [0.15, 0.2) is 0 Å². The molecule has 3 rings (SSSR count). The van der Waals surface area contributed by atoms with Crippen molar-refractivity contribution in [1.29, 1.82) is 0 Å². The number of benzene rings is 3. The molecular weight excluding hydrogens is 291 g/mol. The van der Waals surface area contributed by atoms with E-state index in [1.54, 1.807) is 6.07 Å². The Balaban J connectivity index is 2.07. The molecule has 23 heavy (non-hydrogen) atoms. The van der Waals surface area contributed by atoms with E-state index in [1.165, 1.54) is 12.1 Å². The predicted molar refractivity (Wildman–Crippen MR) is 91.2 cm³/mol. The van der Waals surface area contributed by atoms with Crippen LogP contribution in [0.3, 0.4) is 0 Å². The summed E-state index contributed by atoms with van der Waals surface area (Å²) in [5, 5.41) is 3.30. The van der Waals surface area contributed by atoms with Crippen LogP contribution in [0, 0.1) is 5.82 Å². The zero-order chi connectivity index (χ0) is 16.2. The summed E-state index contributed by atoms with van der Waals surface area (Å²) in [6.45, 7) is 2.09. The van der Waals surface area contributed by atoms with E-state index in [9.17, 15) is 9.18 Å². The van der Waals surface area contributed by atoms with Gasteiger partial charge < -0.3 is 4.74 Å². The number of carbonyl (C=O) groups excluding carboxylic acids is 1. The SMILES string of the molecule is CCCCCC(=O)Oc1c2ccccc2cc2ccc(F)cc12. The number of unbranched alkanes of at least 4 members (excludes halogenated alkanes) is 2. The van der Waals surface area contributed by atoms with Gasteiger partial charge in [0.1, 0.15) is 11.6 Å². The minimum absolute atomic E-state index is 0.264. The van der Waals surface area contributed by atoms with E-state index in [2.05, 4.69) is 6.92 Å². The van der Waals surface area contributed by atoms with E-state index >= 15 is 0 Å². The minimum Gasteiger partial charge on any atom is -0.425 e. The van der Waals surface area contributed by atoms with E-state index in [0.717, 1.165) is 35.4 Å². The fraction of sp³-hybridized carbons (Fsp3) is 0.250. The lowest BCUT2D eigenvalue weighted by Crippen LogP contribution is -2.08. The van der Waals surface area contributed by atoms with E-state index < -0.39 is 0 Å². The Labute approximate surface area is 134 Å². The van der Waals surface area contributed by atoms with Gasteiger partial charge in [-0.25, -0.2) is 4.39 Å². The lowest BCUT2D eigenvalue weighted by Gasteiger charge is -2.12. The Hall–Kier alpha value is -2.42. The normalized spacial score (nSPS) is 11.0. The van der Waals surface area contributed by atoms with Crippen molar-refractivity contribution in [3.05, 3.63) is 54.3 Å². The van der Waals surface area contributed by atoms with E-state index in [1.807, 2.05) is 30.3 Å². The Morgan fingerprint density at radius 2 is 1.78 bits per heavy atom. The summed E-state index contributed by atoms with van der Waals surface area (Å²) < 4.78 is 19.3. The van der Waals surface area contributed by atoms with Crippen molar-refractivity contribution < 1.29 is 13.9 Å². The number of rotatable bonds is 5. The van der Waals surface area contributed by atoms with Crippen LogP contribution < -0.4 is 4.74 Å². The predicted octanol–water partition coefficient (Wildman–Crippen LogP) is 5.62. The molecule has 0 atom stereocenters. The Morgan fingerprint density at radius 3 is 2.61 bits per heavy atom. The molecule has 0 aliphatic carbocycles. The number of ether oxygens (including phenoxy) is 1. The van der Waals surface area contributed by atoms with Crippen LogP contribution in [-0.4, -0.2) is 5.97 Å². The fourth-order valence-corrected chi connectivity index (χ4v) is 2.79. The van der Waals surface area contributed by atoms with Gasteiger partial charge in [-0.05, 0) is 35.4 Å². The molecule has 0 saturated heterocycles.